The monoisotopic (exact) mass is 295 g/mol. The Hall–Kier alpha value is -1.36. The number of amides is 1. The lowest BCUT2D eigenvalue weighted by molar-refractivity contribution is 0.0777. The summed E-state index contributed by atoms with van der Waals surface area (Å²) in [5.41, 5.74) is 2.91. The Kier molecular flexibility index (Phi) is 4.18. The fourth-order valence-electron chi connectivity index (χ4n) is 2.58. The molecule has 5 heteroatoms. The normalized spacial score (nSPS) is 20.9. The average Bonchev–Trinajstić information content (AvgIpc) is 2.71. The molecular weight excluding hydrogens is 274 g/mol. The summed E-state index contributed by atoms with van der Waals surface area (Å²) in [6.07, 6.45) is 0.660. The van der Waals surface area contributed by atoms with Crippen LogP contribution in [0.2, 0.25) is 0 Å². The molecule has 1 aromatic carbocycles. The maximum absolute atomic E-state index is 12.3. The van der Waals surface area contributed by atoms with Crippen molar-refractivity contribution in [2.45, 2.75) is 20.3 Å². The smallest absolute Gasteiger partial charge is 0.253 e. The van der Waals surface area contributed by atoms with Gasteiger partial charge < -0.3 is 4.90 Å². The Morgan fingerprint density at radius 2 is 2.00 bits per heavy atom. The molecule has 0 saturated carbocycles. The molecule has 2 rings (SSSR count). The first kappa shape index (κ1) is 15.0. The summed E-state index contributed by atoms with van der Waals surface area (Å²) < 4.78 is 22.9. The van der Waals surface area contributed by atoms with Crippen molar-refractivity contribution in [2.24, 2.45) is 5.92 Å². The van der Waals surface area contributed by atoms with Crippen LogP contribution < -0.4 is 0 Å². The van der Waals surface area contributed by atoms with E-state index >= 15 is 0 Å². The SMILES string of the molecule is Cc1ccc(C(=O)N(C)C[C@H]2CCS(=O)(=O)C2)cc1C. The molecule has 0 bridgehead atoms. The van der Waals surface area contributed by atoms with E-state index in [1.807, 2.05) is 32.0 Å². The average molecular weight is 295 g/mol. The Balaban J connectivity index is 2.03. The minimum Gasteiger partial charge on any atom is -0.341 e. The quantitative estimate of drug-likeness (QED) is 0.854. The highest BCUT2D eigenvalue weighted by atomic mass is 32.2. The molecule has 0 radical (unpaired) electrons. The van der Waals surface area contributed by atoms with Gasteiger partial charge in [0.2, 0.25) is 0 Å². The summed E-state index contributed by atoms with van der Waals surface area (Å²) in [5, 5.41) is 0. The van der Waals surface area contributed by atoms with Gasteiger partial charge in [0.25, 0.3) is 5.91 Å². The Morgan fingerprint density at radius 3 is 2.55 bits per heavy atom. The molecule has 0 N–H and O–H groups in total. The van der Waals surface area contributed by atoms with Crippen LogP contribution in [0.15, 0.2) is 18.2 Å². The largest absolute Gasteiger partial charge is 0.341 e. The molecule has 1 heterocycles. The predicted octanol–water partition coefficient (Wildman–Crippen LogP) is 1.81. The maximum Gasteiger partial charge on any atom is 0.253 e. The number of benzene rings is 1. The van der Waals surface area contributed by atoms with Crippen LogP contribution in [0.1, 0.15) is 27.9 Å². The molecular formula is C15H21NO3S. The molecule has 20 heavy (non-hydrogen) atoms. The minimum atomic E-state index is -2.88. The first-order valence-corrected chi connectivity index (χ1v) is 8.64. The Labute approximate surface area is 120 Å². The van der Waals surface area contributed by atoms with Crippen LogP contribution in [0.4, 0.5) is 0 Å². The zero-order chi connectivity index (χ0) is 14.9. The Bertz CT molecular complexity index is 622. The molecule has 0 spiro atoms. The molecule has 1 aromatic rings. The molecule has 110 valence electrons. The number of carbonyl (C=O) groups is 1. The summed E-state index contributed by atoms with van der Waals surface area (Å²) in [7, 11) is -1.14. The van der Waals surface area contributed by atoms with Gasteiger partial charge in [-0.1, -0.05) is 6.07 Å². The van der Waals surface area contributed by atoms with E-state index in [4.69, 9.17) is 0 Å². The lowest BCUT2D eigenvalue weighted by Crippen LogP contribution is -2.32. The van der Waals surface area contributed by atoms with Gasteiger partial charge in [0, 0.05) is 19.2 Å². The van der Waals surface area contributed by atoms with Crippen molar-refractivity contribution in [1.29, 1.82) is 0 Å². The first-order chi connectivity index (χ1) is 9.28. The fraction of sp³-hybridized carbons (Fsp3) is 0.533. The molecule has 1 aliphatic rings. The Morgan fingerprint density at radius 1 is 1.30 bits per heavy atom. The van der Waals surface area contributed by atoms with Gasteiger partial charge in [0.05, 0.1) is 11.5 Å². The van der Waals surface area contributed by atoms with Gasteiger partial charge in [-0.2, -0.15) is 0 Å². The van der Waals surface area contributed by atoms with E-state index < -0.39 is 9.84 Å². The van der Waals surface area contributed by atoms with Crippen molar-refractivity contribution in [2.75, 3.05) is 25.1 Å². The van der Waals surface area contributed by atoms with Crippen LogP contribution in [0.3, 0.4) is 0 Å². The van der Waals surface area contributed by atoms with Gasteiger partial charge in [-0.25, -0.2) is 8.42 Å². The van der Waals surface area contributed by atoms with Crippen molar-refractivity contribution in [1.82, 2.24) is 4.90 Å². The summed E-state index contributed by atoms with van der Waals surface area (Å²) in [4.78, 5) is 14.0. The maximum atomic E-state index is 12.3. The van der Waals surface area contributed by atoms with Gasteiger partial charge in [-0.3, -0.25) is 4.79 Å². The highest BCUT2D eigenvalue weighted by molar-refractivity contribution is 7.91. The third-order valence-electron chi connectivity index (χ3n) is 3.96. The molecule has 1 atom stereocenters. The third-order valence-corrected chi connectivity index (χ3v) is 5.80. The molecule has 0 aliphatic carbocycles. The molecule has 1 aliphatic heterocycles. The van der Waals surface area contributed by atoms with Gasteiger partial charge in [-0.05, 0) is 49.4 Å². The van der Waals surface area contributed by atoms with Gasteiger partial charge in [0.1, 0.15) is 0 Å². The summed E-state index contributed by atoms with van der Waals surface area (Å²) in [5.74, 6) is 0.485. The van der Waals surface area contributed by atoms with Crippen LogP contribution >= 0.6 is 0 Å². The van der Waals surface area contributed by atoms with Crippen LogP contribution in [0, 0.1) is 19.8 Å². The fourth-order valence-corrected chi connectivity index (χ4v) is 4.43. The number of carbonyl (C=O) groups excluding carboxylic acids is 1. The van der Waals surface area contributed by atoms with E-state index in [0.29, 0.717) is 18.5 Å². The zero-order valence-electron chi connectivity index (χ0n) is 12.2. The van der Waals surface area contributed by atoms with Gasteiger partial charge >= 0.3 is 0 Å². The summed E-state index contributed by atoms with van der Waals surface area (Å²) in [6, 6.07) is 5.66. The first-order valence-electron chi connectivity index (χ1n) is 6.81. The van der Waals surface area contributed by atoms with E-state index in [1.165, 1.54) is 0 Å². The topological polar surface area (TPSA) is 54.5 Å². The van der Waals surface area contributed by atoms with E-state index in [2.05, 4.69) is 0 Å². The van der Waals surface area contributed by atoms with Crippen molar-refractivity contribution in [3.8, 4) is 0 Å². The number of hydrogen-bond acceptors (Lipinski definition) is 3. The van der Waals surface area contributed by atoms with E-state index in [1.54, 1.807) is 11.9 Å². The number of aryl methyl sites for hydroxylation is 2. The molecule has 0 unspecified atom stereocenters. The number of hydrogen-bond donors (Lipinski definition) is 0. The standard InChI is InChI=1S/C15H21NO3S/c1-11-4-5-14(8-12(11)2)15(17)16(3)9-13-6-7-20(18,19)10-13/h4-5,8,13H,6-7,9-10H2,1-3H3/t13-/m1/s1. The lowest BCUT2D eigenvalue weighted by atomic mass is 10.0. The van der Waals surface area contributed by atoms with Crippen LogP contribution in [-0.4, -0.2) is 44.3 Å². The van der Waals surface area contributed by atoms with Crippen molar-refractivity contribution in [3.63, 3.8) is 0 Å². The third kappa shape index (κ3) is 3.39. The second-order valence-electron chi connectivity index (χ2n) is 5.75. The molecule has 1 saturated heterocycles. The van der Waals surface area contributed by atoms with E-state index in [9.17, 15) is 13.2 Å². The van der Waals surface area contributed by atoms with Gasteiger partial charge in [-0.15, -0.1) is 0 Å². The van der Waals surface area contributed by atoms with Crippen molar-refractivity contribution < 1.29 is 13.2 Å². The molecule has 0 aromatic heterocycles. The highest BCUT2D eigenvalue weighted by Crippen LogP contribution is 2.20. The number of sulfone groups is 1. The highest BCUT2D eigenvalue weighted by Gasteiger charge is 2.29. The number of rotatable bonds is 3. The van der Waals surface area contributed by atoms with E-state index in [0.717, 1.165) is 11.1 Å². The van der Waals surface area contributed by atoms with Crippen LogP contribution in [0.5, 0.6) is 0 Å². The van der Waals surface area contributed by atoms with Crippen LogP contribution in [-0.2, 0) is 9.84 Å². The molecule has 1 amide bonds. The predicted molar refractivity (Wildman–Crippen MR) is 79.6 cm³/mol. The van der Waals surface area contributed by atoms with Crippen molar-refractivity contribution in [3.05, 3.63) is 34.9 Å². The molecule has 1 fully saturated rings. The van der Waals surface area contributed by atoms with Crippen molar-refractivity contribution >= 4 is 15.7 Å². The summed E-state index contributed by atoms with van der Waals surface area (Å²) in [6.45, 7) is 4.50. The van der Waals surface area contributed by atoms with E-state index in [-0.39, 0.29) is 23.3 Å². The summed E-state index contributed by atoms with van der Waals surface area (Å²) >= 11 is 0. The second-order valence-corrected chi connectivity index (χ2v) is 7.98. The number of nitrogens with zero attached hydrogens (tertiary/aromatic N) is 1. The lowest BCUT2D eigenvalue weighted by Gasteiger charge is -2.21. The minimum absolute atomic E-state index is 0.0441. The van der Waals surface area contributed by atoms with Gasteiger partial charge in [0.15, 0.2) is 9.84 Å². The molecule has 4 nitrogen and oxygen atoms in total. The zero-order valence-corrected chi connectivity index (χ0v) is 13.0. The second kappa shape index (κ2) is 5.56. The van der Waals surface area contributed by atoms with Crippen LogP contribution in [0.25, 0.3) is 0 Å².